The van der Waals surface area contributed by atoms with Crippen molar-refractivity contribution in [1.29, 1.82) is 0 Å². The van der Waals surface area contributed by atoms with Crippen LogP contribution in [-0.2, 0) is 5.41 Å². The third-order valence-corrected chi connectivity index (χ3v) is 2.18. The van der Waals surface area contributed by atoms with Gasteiger partial charge < -0.3 is 5.73 Å². The maximum absolute atomic E-state index is 5.65. The summed E-state index contributed by atoms with van der Waals surface area (Å²) in [6.45, 7) is 8.15. The summed E-state index contributed by atoms with van der Waals surface area (Å²) in [6, 6.07) is 1.79. The molecule has 0 aliphatic rings. The fraction of sp³-hybridized carbons (Fsp3) is 0.500. The van der Waals surface area contributed by atoms with Crippen LogP contribution in [0.4, 0.5) is 5.82 Å². The quantitative estimate of drug-likeness (QED) is 0.704. The number of fused-ring (bicyclic) bond motifs is 1. The van der Waals surface area contributed by atoms with E-state index in [-0.39, 0.29) is 5.41 Å². The Morgan fingerprint density at radius 1 is 1.27 bits per heavy atom. The number of anilines is 1. The van der Waals surface area contributed by atoms with Crippen molar-refractivity contribution in [2.24, 2.45) is 0 Å². The van der Waals surface area contributed by atoms with E-state index < -0.39 is 0 Å². The van der Waals surface area contributed by atoms with Crippen molar-refractivity contribution in [3.8, 4) is 0 Å². The minimum absolute atomic E-state index is 0.0745. The first kappa shape index (κ1) is 9.89. The first-order valence-electron chi connectivity index (χ1n) is 4.88. The van der Waals surface area contributed by atoms with Crippen LogP contribution in [0.2, 0.25) is 0 Å². The highest BCUT2D eigenvalue weighted by Gasteiger charge is 2.20. The van der Waals surface area contributed by atoms with Gasteiger partial charge in [0.1, 0.15) is 5.82 Å². The van der Waals surface area contributed by atoms with E-state index >= 15 is 0 Å². The molecule has 2 N–H and O–H groups in total. The summed E-state index contributed by atoms with van der Waals surface area (Å²) in [4.78, 5) is 8.50. The van der Waals surface area contributed by atoms with Gasteiger partial charge in [0.05, 0.1) is 0 Å². The number of nitrogens with two attached hydrogens (primary N) is 1. The Labute approximate surface area is 88.3 Å². The summed E-state index contributed by atoms with van der Waals surface area (Å²) in [6.07, 6.45) is 0. The van der Waals surface area contributed by atoms with E-state index in [1.54, 1.807) is 10.6 Å². The number of nitrogens with zero attached hydrogens (tertiary/aromatic N) is 4. The lowest BCUT2D eigenvalue weighted by Gasteiger charge is -2.11. The van der Waals surface area contributed by atoms with Gasteiger partial charge in [-0.05, 0) is 6.92 Å². The predicted octanol–water partition coefficient (Wildman–Crippen LogP) is 1.31. The summed E-state index contributed by atoms with van der Waals surface area (Å²) in [5.41, 5.74) is 6.52. The van der Waals surface area contributed by atoms with Crippen LogP contribution in [0, 0.1) is 6.92 Å². The van der Waals surface area contributed by atoms with Crippen LogP contribution < -0.4 is 5.73 Å². The molecule has 5 heteroatoms. The standard InChI is InChI=1S/C10H15N5/c1-6-5-7(11)12-9-13-8(10(2,3)4)14-15(6)9/h5H,1-4H3,(H2,11,12,13,14). The van der Waals surface area contributed by atoms with Crippen molar-refractivity contribution in [3.63, 3.8) is 0 Å². The van der Waals surface area contributed by atoms with Crippen LogP contribution >= 0.6 is 0 Å². The van der Waals surface area contributed by atoms with Gasteiger partial charge in [-0.1, -0.05) is 20.8 Å². The minimum atomic E-state index is -0.0745. The molecule has 0 saturated carbocycles. The Bertz CT molecular complexity index is 506. The average molecular weight is 205 g/mol. The number of hydrogen-bond donors (Lipinski definition) is 1. The molecule has 2 rings (SSSR count). The fourth-order valence-electron chi connectivity index (χ4n) is 1.35. The second-order valence-corrected chi connectivity index (χ2v) is 4.72. The molecule has 0 amide bonds. The van der Waals surface area contributed by atoms with Gasteiger partial charge in [-0.25, -0.2) is 4.52 Å². The highest BCUT2D eigenvalue weighted by molar-refractivity contribution is 5.40. The number of nitrogen functional groups attached to an aromatic ring is 1. The van der Waals surface area contributed by atoms with Crippen LogP contribution in [0.3, 0.4) is 0 Å². The van der Waals surface area contributed by atoms with E-state index in [1.165, 1.54) is 0 Å². The molecule has 0 saturated heterocycles. The molecule has 5 nitrogen and oxygen atoms in total. The van der Waals surface area contributed by atoms with Gasteiger partial charge in [0, 0.05) is 17.2 Å². The van der Waals surface area contributed by atoms with E-state index in [0.717, 1.165) is 11.5 Å². The molecule has 15 heavy (non-hydrogen) atoms. The first-order chi connectivity index (χ1) is 6.88. The van der Waals surface area contributed by atoms with Crippen LogP contribution in [0.5, 0.6) is 0 Å². The molecule has 0 aromatic carbocycles. The van der Waals surface area contributed by atoms with Gasteiger partial charge >= 0.3 is 0 Å². The molecule has 0 spiro atoms. The van der Waals surface area contributed by atoms with Gasteiger partial charge in [0.25, 0.3) is 5.78 Å². The molecule has 0 unspecified atom stereocenters. The lowest BCUT2D eigenvalue weighted by molar-refractivity contribution is 0.544. The monoisotopic (exact) mass is 205 g/mol. The van der Waals surface area contributed by atoms with E-state index in [1.807, 2.05) is 6.92 Å². The summed E-state index contributed by atoms with van der Waals surface area (Å²) in [7, 11) is 0. The lowest BCUT2D eigenvalue weighted by Crippen LogP contribution is -2.13. The number of aromatic nitrogens is 4. The van der Waals surface area contributed by atoms with E-state index in [4.69, 9.17) is 5.73 Å². The maximum Gasteiger partial charge on any atom is 0.254 e. The summed E-state index contributed by atoms with van der Waals surface area (Å²) in [5, 5.41) is 4.41. The molecule has 0 bridgehead atoms. The minimum Gasteiger partial charge on any atom is -0.384 e. The second kappa shape index (κ2) is 2.92. The fourth-order valence-corrected chi connectivity index (χ4v) is 1.35. The molecular formula is C10H15N5. The molecule has 80 valence electrons. The predicted molar refractivity (Wildman–Crippen MR) is 58.6 cm³/mol. The zero-order valence-corrected chi connectivity index (χ0v) is 9.44. The molecule has 0 aliphatic heterocycles. The van der Waals surface area contributed by atoms with Gasteiger partial charge in [-0.2, -0.15) is 9.97 Å². The Kier molecular flexibility index (Phi) is 1.92. The van der Waals surface area contributed by atoms with Crippen molar-refractivity contribution < 1.29 is 0 Å². The molecule has 2 aromatic heterocycles. The van der Waals surface area contributed by atoms with Crippen molar-refractivity contribution >= 4 is 11.6 Å². The van der Waals surface area contributed by atoms with Crippen molar-refractivity contribution in [2.75, 3.05) is 5.73 Å². The lowest BCUT2D eigenvalue weighted by atomic mass is 9.96. The van der Waals surface area contributed by atoms with Crippen LogP contribution in [0.15, 0.2) is 6.07 Å². The Morgan fingerprint density at radius 3 is 2.53 bits per heavy atom. The smallest absolute Gasteiger partial charge is 0.254 e. The van der Waals surface area contributed by atoms with Crippen LogP contribution in [0.1, 0.15) is 32.3 Å². The number of aryl methyl sites for hydroxylation is 1. The molecule has 0 radical (unpaired) electrons. The van der Waals surface area contributed by atoms with Gasteiger partial charge in [0.15, 0.2) is 5.82 Å². The molecule has 2 heterocycles. The summed E-state index contributed by atoms with van der Waals surface area (Å²) < 4.78 is 1.72. The Hall–Kier alpha value is -1.65. The second-order valence-electron chi connectivity index (χ2n) is 4.72. The summed E-state index contributed by atoms with van der Waals surface area (Å²) in [5.74, 6) is 1.83. The largest absolute Gasteiger partial charge is 0.384 e. The van der Waals surface area contributed by atoms with Gasteiger partial charge in [-0.3, -0.25) is 0 Å². The third-order valence-electron chi connectivity index (χ3n) is 2.18. The third kappa shape index (κ3) is 1.65. The maximum atomic E-state index is 5.65. The van der Waals surface area contributed by atoms with Crippen LogP contribution in [0.25, 0.3) is 5.78 Å². The topological polar surface area (TPSA) is 69.1 Å². The van der Waals surface area contributed by atoms with Crippen LogP contribution in [-0.4, -0.2) is 19.6 Å². The number of hydrogen-bond acceptors (Lipinski definition) is 4. The van der Waals surface area contributed by atoms with E-state index in [0.29, 0.717) is 11.6 Å². The van der Waals surface area contributed by atoms with E-state index in [9.17, 15) is 0 Å². The molecule has 0 fully saturated rings. The van der Waals surface area contributed by atoms with Crippen molar-refractivity contribution in [3.05, 3.63) is 17.6 Å². The highest BCUT2D eigenvalue weighted by Crippen LogP contribution is 2.19. The Balaban J connectivity index is 2.71. The molecular weight excluding hydrogens is 190 g/mol. The van der Waals surface area contributed by atoms with Crippen molar-refractivity contribution in [2.45, 2.75) is 33.1 Å². The highest BCUT2D eigenvalue weighted by atomic mass is 15.3. The zero-order chi connectivity index (χ0) is 11.2. The molecule has 0 atom stereocenters. The van der Waals surface area contributed by atoms with Gasteiger partial charge in [0.2, 0.25) is 0 Å². The molecule has 2 aromatic rings. The molecule has 0 aliphatic carbocycles. The zero-order valence-electron chi connectivity index (χ0n) is 9.44. The average Bonchev–Trinajstić information content (AvgIpc) is 2.46. The SMILES string of the molecule is Cc1cc(N)nc2nc(C(C)(C)C)nn12. The normalized spacial score (nSPS) is 12.3. The Morgan fingerprint density at radius 2 is 1.93 bits per heavy atom. The number of rotatable bonds is 0. The summed E-state index contributed by atoms with van der Waals surface area (Å²) >= 11 is 0. The van der Waals surface area contributed by atoms with Crippen molar-refractivity contribution in [1.82, 2.24) is 19.6 Å². The van der Waals surface area contributed by atoms with E-state index in [2.05, 4.69) is 35.8 Å². The van der Waals surface area contributed by atoms with Gasteiger partial charge in [-0.15, -0.1) is 5.10 Å². The first-order valence-corrected chi connectivity index (χ1v) is 4.88.